The summed E-state index contributed by atoms with van der Waals surface area (Å²) in [6.07, 6.45) is 2.23. The van der Waals surface area contributed by atoms with E-state index >= 15 is 0 Å². The molecule has 0 radical (unpaired) electrons. The minimum atomic E-state index is 0.173. The van der Waals surface area contributed by atoms with Crippen molar-refractivity contribution in [3.63, 3.8) is 0 Å². The van der Waals surface area contributed by atoms with E-state index in [0.717, 1.165) is 24.3 Å². The molecule has 0 N–H and O–H groups in total. The van der Waals surface area contributed by atoms with Crippen LogP contribution < -0.4 is 9.47 Å². The number of hydrogen-bond acceptors (Lipinski definition) is 2. The number of aryl methyl sites for hydroxylation is 1. The van der Waals surface area contributed by atoms with Gasteiger partial charge in [-0.2, -0.15) is 0 Å². The number of fused-ring (bicyclic) bond motifs is 1. The third-order valence-electron chi connectivity index (χ3n) is 3.38. The van der Waals surface area contributed by atoms with Crippen molar-refractivity contribution in [3.05, 3.63) is 59.7 Å². The highest BCUT2D eigenvalue weighted by Gasteiger charge is 2.21. The summed E-state index contributed by atoms with van der Waals surface area (Å²) in [6.45, 7) is 0. The van der Waals surface area contributed by atoms with Gasteiger partial charge in [-0.25, -0.2) is 0 Å². The van der Waals surface area contributed by atoms with E-state index in [4.69, 9.17) is 9.47 Å². The fourth-order valence-corrected chi connectivity index (χ4v) is 2.39. The van der Waals surface area contributed by atoms with Crippen LogP contribution in [0, 0.1) is 0 Å². The van der Waals surface area contributed by atoms with Gasteiger partial charge in [0.15, 0.2) is 0 Å². The number of rotatable bonds is 2. The lowest BCUT2D eigenvalue weighted by atomic mass is 9.97. The molecule has 2 heteroatoms. The SMILES string of the molecule is COc1ccc2c(c1)CCC(c1ccccc1)O2. The van der Waals surface area contributed by atoms with Gasteiger partial charge in [-0.15, -0.1) is 0 Å². The number of methoxy groups -OCH3 is 1. The van der Waals surface area contributed by atoms with E-state index in [-0.39, 0.29) is 6.10 Å². The second kappa shape index (κ2) is 4.73. The number of benzene rings is 2. The van der Waals surface area contributed by atoms with Gasteiger partial charge in [0.05, 0.1) is 7.11 Å². The Morgan fingerprint density at radius 2 is 1.94 bits per heavy atom. The molecule has 0 saturated carbocycles. The largest absolute Gasteiger partial charge is 0.497 e. The van der Waals surface area contributed by atoms with Crippen molar-refractivity contribution in [2.24, 2.45) is 0 Å². The predicted molar refractivity (Wildman–Crippen MR) is 71.1 cm³/mol. The maximum absolute atomic E-state index is 6.06. The molecule has 0 amide bonds. The molecule has 0 aromatic heterocycles. The summed E-state index contributed by atoms with van der Waals surface area (Å²) in [5, 5.41) is 0. The summed E-state index contributed by atoms with van der Waals surface area (Å²) in [7, 11) is 1.69. The standard InChI is InChI=1S/C16H16O2/c1-17-14-8-10-16-13(11-14)7-9-15(18-16)12-5-3-2-4-6-12/h2-6,8,10-11,15H,7,9H2,1H3. The van der Waals surface area contributed by atoms with Gasteiger partial charge in [0.2, 0.25) is 0 Å². The minimum absolute atomic E-state index is 0.173. The minimum Gasteiger partial charge on any atom is -0.497 e. The lowest BCUT2D eigenvalue weighted by molar-refractivity contribution is 0.176. The first kappa shape index (κ1) is 11.1. The first-order valence-corrected chi connectivity index (χ1v) is 6.25. The van der Waals surface area contributed by atoms with Gasteiger partial charge in [-0.05, 0) is 42.2 Å². The Bertz CT molecular complexity index is 534. The molecule has 1 atom stereocenters. The van der Waals surface area contributed by atoms with Gasteiger partial charge in [-0.1, -0.05) is 30.3 Å². The molecule has 2 aromatic rings. The van der Waals surface area contributed by atoms with E-state index in [9.17, 15) is 0 Å². The topological polar surface area (TPSA) is 18.5 Å². The van der Waals surface area contributed by atoms with Crippen LogP contribution in [0.4, 0.5) is 0 Å². The van der Waals surface area contributed by atoms with E-state index in [2.05, 4.69) is 30.3 Å². The second-order valence-corrected chi connectivity index (χ2v) is 4.53. The average Bonchev–Trinajstić information content (AvgIpc) is 2.47. The fourth-order valence-electron chi connectivity index (χ4n) is 2.39. The summed E-state index contributed by atoms with van der Waals surface area (Å²) in [4.78, 5) is 0. The van der Waals surface area contributed by atoms with Gasteiger partial charge in [0.1, 0.15) is 17.6 Å². The molecule has 18 heavy (non-hydrogen) atoms. The second-order valence-electron chi connectivity index (χ2n) is 4.53. The molecule has 2 nitrogen and oxygen atoms in total. The van der Waals surface area contributed by atoms with Crippen molar-refractivity contribution in [2.75, 3.05) is 7.11 Å². The van der Waals surface area contributed by atoms with Crippen LogP contribution in [0.1, 0.15) is 23.7 Å². The van der Waals surface area contributed by atoms with Crippen LogP contribution in [0.15, 0.2) is 48.5 Å². The Morgan fingerprint density at radius 3 is 2.72 bits per heavy atom. The van der Waals surface area contributed by atoms with Crippen molar-refractivity contribution >= 4 is 0 Å². The Hall–Kier alpha value is -1.96. The quantitative estimate of drug-likeness (QED) is 0.795. The molecule has 0 spiro atoms. The third-order valence-corrected chi connectivity index (χ3v) is 3.38. The summed E-state index contributed by atoms with van der Waals surface area (Å²) >= 11 is 0. The molecule has 1 unspecified atom stereocenters. The Kier molecular flexibility index (Phi) is 2.93. The van der Waals surface area contributed by atoms with Gasteiger partial charge in [-0.3, -0.25) is 0 Å². The smallest absolute Gasteiger partial charge is 0.124 e. The highest BCUT2D eigenvalue weighted by molar-refractivity contribution is 5.42. The van der Waals surface area contributed by atoms with Gasteiger partial charge < -0.3 is 9.47 Å². The van der Waals surface area contributed by atoms with Crippen LogP contribution in [0.25, 0.3) is 0 Å². The summed E-state index contributed by atoms with van der Waals surface area (Å²) in [5.74, 6) is 1.88. The van der Waals surface area contributed by atoms with Crippen molar-refractivity contribution in [1.82, 2.24) is 0 Å². The molecule has 0 saturated heterocycles. The van der Waals surface area contributed by atoms with Crippen LogP contribution in [0.3, 0.4) is 0 Å². The molecule has 2 aromatic carbocycles. The molecule has 3 rings (SSSR count). The van der Waals surface area contributed by atoms with Crippen LogP contribution in [0.2, 0.25) is 0 Å². The Balaban J connectivity index is 1.85. The first-order chi connectivity index (χ1) is 8.86. The molecule has 1 aliphatic heterocycles. The van der Waals surface area contributed by atoms with E-state index < -0.39 is 0 Å². The van der Waals surface area contributed by atoms with E-state index in [1.54, 1.807) is 7.11 Å². The maximum Gasteiger partial charge on any atom is 0.124 e. The maximum atomic E-state index is 6.06. The molecule has 0 fully saturated rings. The molecular weight excluding hydrogens is 224 g/mol. The molecule has 0 aliphatic carbocycles. The Labute approximate surface area is 107 Å². The van der Waals surface area contributed by atoms with Crippen molar-refractivity contribution < 1.29 is 9.47 Å². The lowest BCUT2D eigenvalue weighted by Gasteiger charge is -2.26. The average molecular weight is 240 g/mol. The van der Waals surface area contributed by atoms with E-state index in [1.807, 2.05) is 18.2 Å². The van der Waals surface area contributed by atoms with E-state index in [0.29, 0.717) is 0 Å². The zero-order valence-electron chi connectivity index (χ0n) is 10.4. The van der Waals surface area contributed by atoms with Crippen molar-refractivity contribution in [1.29, 1.82) is 0 Å². The van der Waals surface area contributed by atoms with Crippen LogP contribution in [-0.2, 0) is 6.42 Å². The Morgan fingerprint density at radius 1 is 1.11 bits per heavy atom. The third kappa shape index (κ3) is 2.06. The van der Waals surface area contributed by atoms with Gasteiger partial charge >= 0.3 is 0 Å². The highest BCUT2D eigenvalue weighted by atomic mass is 16.5. The molecule has 92 valence electrons. The normalized spacial score (nSPS) is 17.7. The van der Waals surface area contributed by atoms with Crippen LogP contribution in [-0.4, -0.2) is 7.11 Å². The zero-order chi connectivity index (χ0) is 12.4. The monoisotopic (exact) mass is 240 g/mol. The van der Waals surface area contributed by atoms with Crippen molar-refractivity contribution in [3.8, 4) is 11.5 Å². The fraction of sp³-hybridized carbons (Fsp3) is 0.250. The van der Waals surface area contributed by atoms with Crippen LogP contribution >= 0.6 is 0 Å². The zero-order valence-corrected chi connectivity index (χ0v) is 10.4. The molecule has 1 heterocycles. The molecule has 0 bridgehead atoms. The number of ether oxygens (including phenoxy) is 2. The molecule has 1 aliphatic rings. The van der Waals surface area contributed by atoms with Crippen LogP contribution in [0.5, 0.6) is 11.5 Å². The predicted octanol–water partition coefficient (Wildman–Crippen LogP) is 3.76. The molecular formula is C16H16O2. The number of hydrogen-bond donors (Lipinski definition) is 0. The summed E-state index contributed by atoms with van der Waals surface area (Å²) in [5.41, 5.74) is 2.49. The summed E-state index contributed by atoms with van der Waals surface area (Å²) < 4.78 is 11.3. The highest BCUT2D eigenvalue weighted by Crippen LogP contribution is 2.36. The summed E-state index contributed by atoms with van der Waals surface area (Å²) in [6, 6.07) is 16.4. The van der Waals surface area contributed by atoms with Gasteiger partial charge in [0.25, 0.3) is 0 Å². The first-order valence-electron chi connectivity index (χ1n) is 6.25. The lowest BCUT2D eigenvalue weighted by Crippen LogP contribution is -2.15. The van der Waals surface area contributed by atoms with Crippen molar-refractivity contribution in [2.45, 2.75) is 18.9 Å². The van der Waals surface area contributed by atoms with Gasteiger partial charge in [0, 0.05) is 0 Å². The van der Waals surface area contributed by atoms with E-state index in [1.165, 1.54) is 11.1 Å².